The minimum atomic E-state index is -0.266. The number of unbranched alkanes of at least 4 members (excludes halogenated alkanes) is 7. The number of quaternary nitrogens is 1. The van der Waals surface area contributed by atoms with Crippen LogP contribution in [0, 0.1) is 0 Å². The van der Waals surface area contributed by atoms with E-state index in [1.54, 1.807) is 0 Å². The van der Waals surface area contributed by atoms with Gasteiger partial charge in [-0.05, 0) is 44.4 Å². The maximum Gasteiger partial charge on any atom is 0.364 e. The first kappa shape index (κ1) is 28.9. The van der Waals surface area contributed by atoms with E-state index in [0.717, 1.165) is 18.7 Å². The van der Waals surface area contributed by atoms with Gasteiger partial charge in [-0.15, -0.1) is 0 Å². The third-order valence-electron chi connectivity index (χ3n) is 6.84. The highest BCUT2D eigenvalue weighted by atomic mass is 16.6. The van der Waals surface area contributed by atoms with Crippen LogP contribution in [0.2, 0.25) is 0 Å². The quantitative estimate of drug-likeness (QED) is 0.134. The second-order valence-corrected chi connectivity index (χ2v) is 10.5. The van der Waals surface area contributed by atoms with Gasteiger partial charge in [-0.1, -0.05) is 94.3 Å². The second kappa shape index (κ2) is 15.6. The van der Waals surface area contributed by atoms with Gasteiger partial charge in [0.1, 0.15) is 25.0 Å². The highest BCUT2D eigenvalue weighted by Crippen LogP contribution is 2.19. The normalized spacial score (nSPS) is 13.3. The van der Waals surface area contributed by atoms with E-state index < -0.39 is 0 Å². The zero-order valence-electron chi connectivity index (χ0n) is 22.8. The number of nitrogens with zero attached hydrogens (tertiary/aromatic N) is 1. The number of benzene rings is 2. The predicted molar refractivity (Wildman–Crippen MR) is 146 cm³/mol. The molecule has 0 aliphatic carbocycles. The summed E-state index contributed by atoms with van der Waals surface area (Å²) < 4.78 is 12.2. The van der Waals surface area contributed by atoms with Crippen molar-refractivity contribution in [1.29, 1.82) is 0 Å². The molecular formula is C31H48NO3+. The van der Waals surface area contributed by atoms with Crippen LogP contribution in [0.25, 0.3) is 0 Å². The number of likely N-dealkylation sites (N-methyl/N-ethyl adjacent to an activating group) is 1. The van der Waals surface area contributed by atoms with E-state index in [-0.39, 0.29) is 24.7 Å². The molecule has 0 N–H and O–H groups in total. The lowest BCUT2D eigenvalue weighted by Crippen LogP contribution is -2.51. The fraction of sp³-hybridized carbons (Fsp3) is 0.581. The molecular weight excluding hydrogens is 434 g/mol. The fourth-order valence-electron chi connectivity index (χ4n) is 4.30. The first-order chi connectivity index (χ1) is 16.8. The fourth-order valence-corrected chi connectivity index (χ4v) is 4.30. The lowest BCUT2D eigenvalue weighted by Gasteiger charge is -2.34. The minimum absolute atomic E-state index is 0.190. The van der Waals surface area contributed by atoms with E-state index in [2.05, 4.69) is 51.4 Å². The van der Waals surface area contributed by atoms with Crippen molar-refractivity contribution in [3.8, 4) is 5.75 Å². The van der Waals surface area contributed by atoms with Gasteiger partial charge in [0.25, 0.3) is 0 Å². The maximum atomic E-state index is 12.7. The molecule has 0 aromatic heterocycles. The highest BCUT2D eigenvalue weighted by molar-refractivity contribution is 5.74. The van der Waals surface area contributed by atoms with Crippen LogP contribution in [0.3, 0.4) is 0 Å². The van der Waals surface area contributed by atoms with Crippen molar-refractivity contribution in [2.45, 2.75) is 97.2 Å². The van der Waals surface area contributed by atoms with Gasteiger partial charge in [-0.25, -0.2) is 4.79 Å². The summed E-state index contributed by atoms with van der Waals surface area (Å²) in [5, 5.41) is 0. The molecule has 0 saturated heterocycles. The highest BCUT2D eigenvalue weighted by Gasteiger charge is 2.32. The second-order valence-electron chi connectivity index (χ2n) is 10.5. The standard InChI is InChI=1S/C31H48NO3/c1-6-7-8-9-10-11-12-14-18-28-21-17-22-30(23-28)35-26(2)25-34-31(33)27(3)32(4,5)24-29-19-15-13-16-20-29/h13,15-17,19-23,26-27H,6-12,14,18,24-25H2,1-5H3/q+1. The third kappa shape index (κ3) is 11.3. The van der Waals surface area contributed by atoms with Crippen LogP contribution in [0.5, 0.6) is 5.75 Å². The van der Waals surface area contributed by atoms with Gasteiger partial charge in [-0.3, -0.25) is 0 Å². The van der Waals surface area contributed by atoms with E-state index in [1.807, 2.05) is 38.1 Å². The lowest BCUT2D eigenvalue weighted by atomic mass is 10.0. The Bertz CT molecular complexity index is 849. The van der Waals surface area contributed by atoms with Gasteiger partial charge in [0.15, 0.2) is 6.04 Å². The maximum absolute atomic E-state index is 12.7. The first-order valence-corrected chi connectivity index (χ1v) is 13.6. The molecule has 0 saturated carbocycles. The number of carbonyl (C=O) groups excluding carboxylic acids is 1. The number of aryl methyl sites for hydroxylation is 1. The monoisotopic (exact) mass is 482 g/mol. The number of carbonyl (C=O) groups is 1. The van der Waals surface area contributed by atoms with Crippen molar-refractivity contribution in [2.24, 2.45) is 0 Å². The summed E-state index contributed by atoms with van der Waals surface area (Å²) in [5.74, 6) is 0.656. The molecule has 0 aliphatic heterocycles. The van der Waals surface area contributed by atoms with Crippen LogP contribution in [0.1, 0.15) is 83.3 Å². The van der Waals surface area contributed by atoms with Crippen molar-refractivity contribution in [1.82, 2.24) is 0 Å². The van der Waals surface area contributed by atoms with E-state index >= 15 is 0 Å². The molecule has 2 unspecified atom stereocenters. The number of hydrogen-bond donors (Lipinski definition) is 0. The number of esters is 1. The van der Waals surface area contributed by atoms with Crippen LogP contribution < -0.4 is 4.74 Å². The Morgan fingerprint density at radius 3 is 2.14 bits per heavy atom. The topological polar surface area (TPSA) is 35.5 Å². The molecule has 0 bridgehead atoms. The zero-order chi connectivity index (χ0) is 25.5. The van der Waals surface area contributed by atoms with Gasteiger partial charge in [0.05, 0.1) is 14.1 Å². The summed E-state index contributed by atoms with van der Waals surface area (Å²) in [6, 6.07) is 18.3. The molecule has 194 valence electrons. The Hall–Kier alpha value is -2.33. The molecule has 4 heteroatoms. The van der Waals surface area contributed by atoms with Crippen LogP contribution in [0.15, 0.2) is 54.6 Å². The molecule has 2 aromatic carbocycles. The molecule has 0 amide bonds. The molecule has 0 fully saturated rings. The van der Waals surface area contributed by atoms with Gasteiger partial charge < -0.3 is 14.0 Å². The Kier molecular flexibility index (Phi) is 12.9. The average Bonchev–Trinajstić information content (AvgIpc) is 2.84. The van der Waals surface area contributed by atoms with Crippen molar-refractivity contribution < 1.29 is 18.8 Å². The number of hydrogen-bond acceptors (Lipinski definition) is 3. The van der Waals surface area contributed by atoms with Crippen molar-refractivity contribution in [3.05, 3.63) is 65.7 Å². The van der Waals surface area contributed by atoms with Crippen LogP contribution in [-0.2, 0) is 22.5 Å². The molecule has 4 nitrogen and oxygen atoms in total. The van der Waals surface area contributed by atoms with E-state index in [0.29, 0.717) is 4.48 Å². The van der Waals surface area contributed by atoms with Gasteiger partial charge in [0.2, 0.25) is 0 Å². The molecule has 0 heterocycles. The van der Waals surface area contributed by atoms with Crippen molar-refractivity contribution >= 4 is 5.97 Å². The van der Waals surface area contributed by atoms with Crippen LogP contribution in [0.4, 0.5) is 0 Å². The van der Waals surface area contributed by atoms with Gasteiger partial charge in [-0.2, -0.15) is 0 Å². The summed E-state index contributed by atoms with van der Waals surface area (Å²) in [6.45, 7) is 7.17. The van der Waals surface area contributed by atoms with Crippen LogP contribution >= 0.6 is 0 Å². The summed E-state index contributed by atoms with van der Waals surface area (Å²) in [4.78, 5) is 12.7. The van der Waals surface area contributed by atoms with E-state index in [9.17, 15) is 4.79 Å². The van der Waals surface area contributed by atoms with E-state index in [4.69, 9.17) is 9.47 Å². The van der Waals surface area contributed by atoms with Crippen LogP contribution in [-0.4, -0.2) is 43.3 Å². The van der Waals surface area contributed by atoms with E-state index in [1.165, 1.54) is 62.5 Å². The Balaban J connectivity index is 1.71. The molecule has 2 atom stereocenters. The molecule has 0 spiro atoms. The Morgan fingerprint density at radius 1 is 0.829 bits per heavy atom. The Labute approximate surface area is 214 Å². The summed E-state index contributed by atoms with van der Waals surface area (Å²) in [5.41, 5.74) is 2.52. The summed E-state index contributed by atoms with van der Waals surface area (Å²) in [7, 11) is 4.13. The molecule has 2 aromatic rings. The summed E-state index contributed by atoms with van der Waals surface area (Å²) in [6.07, 6.45) is 11.5. The lowest BCUT2D eigenvalue weighted by molar-refractivity contribution is -0.917. The largest absolute Gasteiger partial charge is 0.487 e. The van der Waals surface area contributed by atoms with Crippen molar-refractivity contribution in [2.75, 3.05) is 20.7 Å². The van der Waals surface area contributed by atoms with Gasteiger partial charge >= 0.3 is 5.97 Å². The first-order valence-electron chi connectivity index (χ1n) is 13.6. The third-order valence-corrected chi connectivity index (χ3v) is 6.84. The Morgan fingerprint density at radius 2 is 1.46 bits per heavy atom. The molecule has 0 aliphatic rings. The average molecular weight is 483 g/mol. The number of rotatable bonds is 17. The molecule has 0 radical (unpaired) electrons. The smallest absolute Gasteiger partial charge is 0.364 e. The zero-order valence-corrected chi connectivity index (χ0v) is 22.8. The van der Waals surface area contributed by atoms with Crippen molar-refractivity contribution in [3.63, 3.8) is 0 Å². The SMILES string of the molecule is CCCCCCCCCCc1cccc(OC(C)COC(=O)C(C)[N+](C)(C)Cc2ccccc2)c1. The molecule has 35 heavy (non-hydrogen) atoms. The molecule has 2 rings (SSSR count). The minimum Gasteiger partial charge on any atom is -0.487 e. The predicted octanol–water partition coefficient (Wildman–Crippen LogP) is 7.35. The summed E-state index contributed by atoms with van der Waals surface area (Å²) >= 11 is 0. The number of ether oxygens (including phenoxy) is 2. The van der Waals surface area contributed by atoms with Gasteiger partial charge in [0, 0.05) is 5.56 Å².